The average molecular weight is 152 g/mol. The third kappa shape index (κ3) is 6.74. The van der Waals surface area contributed by atoms with E-state index >= 15 is 0 Å². The number of benzene rings is 1. The zero-order valence-electron chi connectivity index (χ0n) is 6.53. The molecule has 0 atom stereocenters. The summed E-state index contributed by atoms with van der Waals surface area (Å²) < 4.78 is 0. The first-order chi connectivity index (χ1) is 5.31. The number of aldehydes is 1. The Balaban J connectivity index is 0.000000218. The lowest BCUT2D eigenvalue weighted by Crippen LogP contribution is -1.75. The van der Waals surface area contributed by atoms with E-state index in [-0.39, 0.29) is 6.61 Å². The van der Waals surface area contributed by atoms with Crippen molar-refractivity contribution in [1.29, 1.82) is 0 Å². The van der Waals surface area contributed by atoms with E-state index in [2.05, 4.69) is 19.1 Å². The molecule has 0 heterocycles. The average Bonchev–Trinajstić information content (AvgIpc) is 2.07. The van der Waals surface area contributed by atoms with Gasteiger partial charge in [0.1, 0.15) is 6.29 Å². The van der Waals surface area contributed by atoms with Crippen LogP contribution in [0, 0.1) is 6.92 Å². The van der Waals surface area contributed by atoms with Crippen molar-refractivity contribution in [3.05, 3.63) is 35.9 Å². The first kappa shape index (κ1) is 9.85. The van der Waals surface area contributed by atoms with Crippen LogP contribution in [-0.2, 0) is 4.79 Å². The van der Waals surface area contributed by atoms with Crippen molar-refractivity contribution in [2.45, 2.75) is 6.92 Å². The van der Waals surface area contributed by atoms with Gasteiger partial charge in [-0.3, -0.25) is 0 Å². The SMILES string of the molecule is Cc1ccccc1.O=CCO. The highest BCUT2D eigenvalue weighted by atomic mass is 16.3. The summed E-state index contributed by atoms with van der Waals surface area (Å²) in [5.41, 5.74) is 1.32. The molecule has 11 heavy (non-hydrogen) atoms. The molecule has 0 aliphatic carbocycles. The van der Waals surface area contributed by atoms with Crippen molar-refractivity contribution >= 4 is 6.29 Å². The number of hydrogen-bond acceptors (Lipinski definition) is 2. The highest BCUT2D eigenvalue weighted by molar-refractivity contribution is 5.49. The largest absolute Gasteiger partial charge is 0.389 e. The lowest BCUT2D eigenvalue weighted by Gasteiger charge is -1.82. The van der Waals surface area contributed by atoms with Crippen LogP contribution in [0.1, 0.15) is 5.56 Å². The quantitative estimate of drug-likeness (QED) is 0.613. The summed E-state index contributed by atoms with van der Waals surface area (Å²) in [6.07, 6.45) is 0.431. The zero-order chi connectivity index (χ0) is 8.53. The number of hydrogen-bond donors (Lipinski definition) is 1. The van der Waals surface area contributed by atoms with E-state index in [9.17, 15) is 0 Å². The summed E-state index contributed by atoms with van der Waals surface area (Å²) in [5, 5.41) is 7.51. The first-order valence-corrected chi connectivity index (χ1v) is 3.37. The Morgan fingerprint density at radius 3 is 2.00 bits per heavy atom. The van der Waals surface area contributed by atoms with Gasteiger partial charge in [0.2, 0.25) is 0 Å². The van der Waals surface area contributed by atoms with Gasteiger partial charge in [-0.05, 0) is 6.92 Å². The molecule has 0 fully saturated rings. The second kappa shape index (κ2) is 6.96. The van der Waals surface area contributed by atoms with Crippen molar-refractivity contribution < 1.29 is 9.90 Å². The van der Waals surface area contributed by atoms with Gasteiger partial charge >= 0.3 is 0 Å². The van der Waals surface area contributed by atoms with Crippen LogP contribution in [0.2, 0.25) is 0 Å². The summed E-state index contributed by atoms with van der Waals surface area (Å²) >= 11 is 0. The second-order valence-corrected chi connectivity index (χ2v) is 2.00. The normalized spacial score (nSPS) is 7.82. The van der Waals surface area contributed by atoms with Crippen molar-refractivity contribution in [1.82, 2.24) is 0 Å². The molecule has 0 saturated carbocycles. The summed E-state index contributed by atoms with van der Waals surface area (Å²) in [4.78, 5) is 8.92. The molecule has 0 amide bonds. The second-order valence-electron chi connectivity index (χ2n) is 2.00. The van der Waals surface area contributed by atoms with Gasteiger partial charge in [0.15, 0.2) is 0 Å². The van der Waals surface area contributed by atoms with E-state index in [0.29, 0.717) is 6.29 Å². The van der Waals surface area contributed by atoms with Crippen LogP contribution in [0.25, 0.3) is 0 Å². The van der Waals surface area contributed by atoms with Crippen LogP contribution in [0.3, 0.4) is 0 Å². The van der Waals surface area contributed by atoms with Crippen LogP contribution >= 0.6 is 0 Å². The smallest absolute Gasteiger partial charge is 0.145 e. The molecule has 0 saturated heterocycles. The predicted molar refractivity (Wildman–Crippen MR) is 44.3 cm³/mol. The Hall–Kier alpha value is -1.15. The summed E-state index contributed by atoms with van der Waals surface area (Å²) in [7, 11) is 0. The van der Waals surface area contributed by atoms with Gasteiger partial charge < -0.3 is 9.90 Å². The lowest BCUT2D eigenvalue weighted by molar-refractivity contribution is -0.110. The molecule has 1 aromatic rings. The molecule has 60 valence electrons. The van der Waals surface area contributed by atoms with Gasteiger partial charge in [0, 0.05) is 0 Å². The minimum absolute atomic E-state index is 0.361. The van der Waals surface area contributed by atoms with Crippen LogP contribution < -0.4 is 0 Å². The maximum Gasteiger partial charge on any atom is 0.145 e. The molecular weight excluding hydrogens is 140 g/mol. The standard InChI is InChI=1S/C7H8.C2H4O2/c1-7-5-3-2-4-6-7;3-1-2-4/h2-6H,1H3;1,4H,2H2. The molecule has 0 aromatic heterocycles. The van der Waals surface area contributed by atoms with E-state index in [1.54, 1.807) is 0 Å². The monoisotopic (exact) mass is 152 g/mol. The van der Waals surface area contributed by atoms with Gasteiger partial charge in [0.05, 0.1) is 6.61 Å². The number of aliphatic hydroxyl groups is 1. The van der Waals surface area contributed by atoms with E-state index in [1.807, 2.05) is 18.2 Å². The molecule has 0 unspecified atom stereocenters. The van der Waals surface area contributed by atoms with E-state index < -0.39 is 0 Å². The maximum atomic E-state index is 8.92. The van der Waals surface area contributed by atoms with Gasteiger partial charge in [-0.15, -0.1) is 0 Å². The van der Waals surface area contributed by atoms with Crippen LogP contribution in [-0.4, -0.2) is 18.0 Å². The molecule has 1 aromatic carbocycles. The van der Waals surface area contributed by atoms with E-state index in [0.717, 1.165) is 0 Å². The number of rotatable bonds is 1. The van der Waals surface area contributed by atoms with Crippen molar-refractivity contribution in [2.24, 2.45) is 0 Å². The molecule has 2 heteroatoms. The molecule has 1 N–H and O–H groups in total. The van der Waals surface area contributed by atoms with Crippen LogP contribution in [0.5, 0.6) is 0 Å². The van der Waals surface area contributed by atoms with E-state index in [4.69, 9.17) is 9.90 Å². The Kier molecular flexibility index (Phi) is 6.24. The number of aliphatic hydroxyl groups excluding tert-OH is 1. The Labute approximate surface area is 66.5 Å². The van der Waals surface area contributed by atoms with Gasteiger partial charge in [-0.1, -0.05) is 35.9 Å². The minimum Gasteiger partial charge on any atom is -0.389 e. The Morgan fingerprint density at radius 1 is 1.36 bits per heavy atom. The highest BCUT2D eigenvalue weighted by Gasteiger charge is 1.72. The van der Waals surface area contributed by atoms with Crippen LogP contribution in [0.4, 0.5) is 0 Å². The minimum atomic E-state index is -0.361. The molecule has 0 bridgehead atoms. The molecule has 0 aliphatic heterocycles. The van der Waals surface area contributed by atoms with Gasteiger partial charge in [0.25, 0.3) is 0 Å². The molecule has 1 rings (SSSR count). The first-order valence-electron chi connectivity index (χ1n) is 3.37. The molecule has 0 radical (unpaired) electrons. The summed E-state index contributed by atoms with van der Waals surface area (Å²) in [6.45, 7) is 1.72. The van der Waals surface area contributed by atoms with Crippen molar-refractivity contribution in [2.75, 3.05) is 6.61 Å². The fourth-order valence-corrected chi connectivity index (χ4v) is 0.534. The number of carbonyl (C=O) groups is 1. The molecule has 0 aliphatic rings. The summed E-state index contributed by atoms with van der Waals surface area (Å²) in [6, 6.07) is 10.3. The maximum absolute atomic E-state index is 8.92. The highest BCUT2D eigenvalue weighted by Crippen LogP contribution is 1.92. The van der Waals surface area contributed by atoms with Gasteiger partial charge in [-0.25, -0.2) is 0 Å². The fourth-order valence-electron chi connectivity index (χ4n) is 0.534. The fraction of sp³-hybridized carbons (Fsp3) is 0.222. The molecular formula is C9H12O2. The Morgan fingerprint density at radius 2 is 1.82 bits per heavy atom. The Bertz CT molecular complexity index is 182. The molecule has 0 spiro atoms. The number of aryl methyl sites for hydroxylation is 1. The number of carbonyl (C=O) groups excluding carboxylic acids is 1. The summed E-state index contributed by atoms with van der Waals surface area (Å²) in [5.74, 6) is 0. The van der Waals surface area contributed by atoms with Gasteiger partial charge in [-0.2, -0.15) is 0 Å². The topological polar surface area (TPSA) is 37.3 Å². The third-order valence-electron chi connectivity index (χ3n) is 1.01. The zero-order valence-corrected chi connectivity index (χ0v) is 6.53. The van der Waals surface area contributed by atoms with Crippen molar-refractivity contribution in [3.8, 4) is 0 Å². The van der Waals surface area contributed by atoms with E-state index in [1.165, 1.54) is 5.56 Å². The predicted octanol–water partition coefficient (Wildman–Crippen LogP) is 1.17. The lowest BCUT2D eigenvalue weighted by atomic mass is 10.2. The van der Waals surface area contributed by atoms with Crippen LogP contribution in [0.15, 0.2) is 30.3 Å². The third-order valence-corrected chi connectivity index (χ3v) is 1.01. The molecule has 2 nitrogen and oxygen atoms in total. The van der Waals surface area contributed by atoms with Crippen molar-refractivity contribution in [3.63, 3.8) is 0 Å².